The molecule has 2 aromatic carbocycles. The summed E-state index contributed by atoms with van der Waals surface area (Å²) in [6, 6.07) is 17.2. The summed E-state index contributed by atoms with van der Waals surface area (Å²) in [5, 5.41) is 0. The molecule has 0 fully saturated rings. The molecule has 0 aliphatic carbocycles. The molecule has 0 atom stereocenters. The monoisotopic (exact) mass is 386 g/mol. The molecule has 0 aromatic heterocycles. The van der Waals surface area contributed by atoms with Crippen LogP contribution in [0.25, 0.3) is 0 Å². The third-order valence-electron chi connectivity index (χ3n) is 2.78. The number of hydrogen-bond acceptors (Lipinski definition) is 1. The summed E-state index contributed by atoms with van der Waals surface area (Å²) in [5.41, 5.74) is 4.53. The minimum atomic E-state index is 0.438. The summed E-state index contributed by atoms with van der Waals surface area (Å²) in [7, 11) is 0. The van der Waals surface area contributed by atoms with E-state index < -0.39 is 0 Å². The van der Waals surface area contributed by atoms with Crippen molar-refractivity contribution < 1.29 is 4.74 Å². The van der Waals surface area contributed by atoms with Crippen molar-refractivity contribution in [1.29, 1.82) is 0 Å². The van der Waals surface area contributed by atoms with E-state index in [9.17, 15) is 0 Å². The van der Waals surface area contributed by atoms with Gasteiger partial charge in [-0.15, -0.1) is 0 Å². The van der Waals surface area contributed by atoms with Gasteiger partial charge in [-0.1, -0.05) is 0 Å². The molecule has 0 bridgehead atoms. The second kappa shape index (κ2) is 7.89. The quantitative estimate of drug-likeness (QED) is 0.543. The SMILES string of the molecule is Cc1ccccc1[Se]COC[Se]c1ccccc1C. The van der Waals surface area contributed by atoms with Gasteiger partial charge in [0.25, 0.3) is 0 Å². The van der Waals surface area contributed by atoms with Crippen molar-refractivity contribution in [3.8, 4) is 0 Å². The van der Waals surface area contributed by atoms with E-state index in [0.29, 0.717) is 29.9 Å². The summed E-state index contributed by atoms with van der Waals surface area (Å²) < 4.78 is 8.72. The van der Waals surface area contributed by atoms with Gasteiger partial charge < -0.3 is 0 Å². The van der Waals surface area contributed by atoms with Crippen molar-refractivity contribution >= 4 is 38.8 Å². The molecule has 0 aliphatic heterocycles. The van der Waals surface area contributed by atoms with Crippen LogP contribution in [0.3, 0.4) is 0 Å². The van der Waals surface area contributed by atoms with Crippen LogP contribution in [0.1, 0.15) is 11.1 Å². The Kier molecular flexibility index (Phi) is 6.16. The number of ether oxygens (including phenoxy) is 1. The van der Waals surface area contributed by atoms with Crippen LogP contribution in [0.15, 0.2) is 48.5 Å². The van der Waals surface area contributed by atoms with Crippen LogP contribution in [0, 0.1) is 13.8 Å². The Morgan fingerprint density at radius 3 is 1.58 bits per heavy atom. The second-order valence-electron chi connectivity index (χ2n) is 4.26. The van der Waals surface area contributed by atoms with Crippen molar-refractivity contribution in [2.75, 3.05) is 11.0 Å². The van der Waals surface area contributed by atoms with Gasteiger partial charge in [-0.05, 0) is 0 Å². The molecule has 2 aromatic rings. The summed E-state index contributed by atoms with van der Waals surface area (Å²) in [4.78, 5) is 0. The summed E-state index contributed by atoms with van der Waals surface area (Å²) in [6.45, 7) is 4.35. The zero-order valence-electron chi connectivity index (χ0n) is 11.3. The molecular weight excluding hydrogens is 366 g/mol. The molecule has 0 heterocycles. The first-order valence-corrected chi connectivity index (χ1v) is 10.4. The molecular formula is C16H18OSe2. The number of benzene rings is 2. The van der Waals surface area contributed by atoms with Gasteiger partial charge in [0.05, 0.1) is 0 Å². The van der Waals surface area contributed by atoms with Crippen molar-refractivity contribution in [2.24, 2.45) is 0 Å². The van der Waals surface area contributed by atoms with Crippen LogP contribution in [0.2, 0.25) is 0 Å². The van der Waals surface area contributed by atoms with E-state index in [1.54, 1.807) is 0 Å². The first-order chi connectivity index (χ1) is 9.27. The average Bonchev–Trinajstić information content (AvgIpc) is 2.42. The Balaban J connectivity index is 1.71. The summed E-state index contributed by atoms with van der Waals surface area (Å²) >= 11 is 0.875. The standard InChI is InChI=1S/C16H18OSe2/c1-13-7-3-5-9-15(13)18-11-17-12-19-16-10-6-4-8-14(16)2/h3-10H,11-12H2,1-2H3. The van der Waals surface area contributed by atoms with Crippen LogP contribution in [0.5, 0.6) is 0 Å². The van der Waals surface area contributed by atoms with Gasteiger partial charge in [0, 0.05) is 0 Å². The zero-order valence-corrected chi connectivity index (χ0v) is 14.7. The summed E-state index contributed by atoms with van der Waals surface area (Å²) in [6.07, 6.45) is 0. The fraction of sp³-hybridized carbons (Fsp3) is 0.250. The molecule has 19 heavy (non-hydrogen) atoms. The molecule has 0 radical (unpaired) electrons. The fourth-order valence-electron chi connectivity index (χ4n) is 1.68. The zero-order chi connectivity index (χ0) is 13.5. The topological polar surface area (TPSA) is 9.23 Å². The molecule has 0 amide bonds. The number of aryl methyl sites for hydroxylation is 2. The third-order valence-corrected chi connectivity index (χ3v) is 7.20. The molecule has 0 aliphatic rings. The van der Waals surface area contributed by atoms with Gasteiger partial charge in [-0.25, -0.2) is 0 Å². The first kappa shape index (κ1) is 14.8. The Hall–Kier alpha value is -0.561. The molecule has 0 N–H and O–H groups in total. The van der Waals surface area contributed by atoms with Crippen LogP contribution < -0.4 is 8.92 Å². The molecule has 2 rings (SSSR count). The van der Waals surface area contributed by atoms with Crippen LogP contribution >= 0.6 is 0 Å². The maximum absolute atomic E-state index is 5.81. The van der Waals surface area contributed by atoms with Crippen molar-refractivity contribution in [2.45, 2.75) is 13.8 Å². The van der Waals surface area contributed by atoms with Crippen LogP contribution in [0.4, 0.5) is 0 Å². The molecule has 0 unspecified atom stereocenters. The van der Waals surface area contributed by atoms with Gasteiger partial charge in [0.1, 0.15) is 0 Å². The van der Waals surface area contributed by atoms with Gasteiger partial charge in [0.15, 0.2) is 0 Å². The van der Waals surface area contributed by atoms with Gasteiger partial charge in [-0.2, -0.15) is 0 Å². The van der Waals surface area contributed by atoms with Crippen molar-refractivity contribution in [3.05, 3.63) is 59.7 Å². The van der Waals surface area contributed by atoms with E-state index in [1.807, 2.05) is 0 Å². The van der Waals surface area contributed by atoms with Crippen molar-refractivity contribution in [1.82, 2.24) is 0 Å². The summed E-state index contributed by atoms with van der Waals surface area (Å²) in [5.74, 6) is 0. The Morgan fingerprint density at radius 1 is 0.737 bits per heavy atom. The van der Waals surface area contributed by atoms with E-state index in [2.05, 4.69) is 62.4 Å². The van der Waals surface area contributed by atoms with Crippen molar-refractivity contribution in [3.63, 3.8) is 0 Å². The van der Waals surface area contributed by atoms with Gasteiger partial charge in [-0.3, -0.25) is 0 Å². The maximum atomic E-state index is 5.81. The Labute approximate surface area is 128 Å². The average molecular weight is 384 g/mol. The predicted molar refractivity (Wildman–Crippen MR) is 84.0 cm³/mol. The van der Waals surface area contributed by atoms with Gasteiger partial charge >= 0.3 is 128 Å². The Bertz CT molecular complexity index is 478. The first-order valence-electron chi connectivity index (χ1n) is 6.22. The molecule has 3 heteroatoms. The predicted octanol–water partition coefficient (Wildman–Crippen LogP) is 1.59. The number of rotatable bonds is 6. The molecule has 0 saturated carbocycles. The second-order valence-corrected chi connectivity index (χ2v) is 8.31. The van der Waals surface area contributed by atoms with E-state index in [4.69, 9.17) is 4.74 Å². The van der Waals surface area contributed by atoms with Crippen LogP contribution in [-0.4, -0.2) is 40.9 Å². The van der Waals surface area contributed by atoms with Gasteiger partial charge in [0.2, 0.25) is 0 Å². The van der Waals surface area contributed by atoms with E-state index in [0.717, 1.165) is 11.0 Å². The van der Waals surface area contributed by atoms with E-state index >= 15 is 0 Å². The molecule has 1 nitrogen and oxygen atoms in total. The molecule has 0 saturated heterocycles. The third kappa shape index (κ3) is 4.80. The van der Waals surface area contributed by atoms with E-state index in [1.165, 1.54) is 20.1 Å². The van der Waals surface area contributed by atoms with E-state index in [-0.39, 0.29) is 0 Å². The Morgan fingerprint density at radius 2 is 1.16 bits per heavy atom. The molecule has 100 valence electrons. The molecule has 0 spiro atoms. The number of hydrogen-bond donors (Lipinski definition) is 0. The fourth-order valence-corrected chi connectivity index (χ4v) is 5.42. The normalized spacial score (nSPS) is 10.6. The van der Waals surface area contributed by atoms with Crippen LogP contribution in [-0.2, 0) is 4.74 Å². The minimum absolute atomic E-state index is 0.438.